The van der Waals surface area contributed by atoms with Gasteiger partial charge in [0, 0.05) is 18.5 Å². The quantitative estimate of drug-likeness (QED) is 0.658. The molecule has 0 unspecified atom stereocenters. The summed E-state index contributed by atoms with van der Waals surface area (Å²) in [5.41, 5.74) is 6.62. The van der Waals surface area contributed by atoms with Crippen LogP contribution in [0.25, 0.3) is 0 Å². The zero-order valence-corrected chi connectivity index (χ0v) is 10.1. The summed E-state index contributed by atoms with van der Waals surface area (Å²) in [6.07, 6.45) is 6.76. The first-order valence-corrected chi connectivity index (χ1v) is 5.62. The summed E-state index contributed by atoms with van der Waals surface area (Å²) in [6.45, 7) is 1.10. The van der Waals surface area contributed by atoms with Crippen molar-refractivity contribution >= 4 is 15.9 Å². The molecule has 0 aromatic heterocycles. The van der Waals surface area contributed by atoms with Gasteiger partial charge in [-0.25, -0.2) is 0 Å². The van der Waals surface area contributed by atoms with Crippen LogP contribution in [-0.2, 0) is 6.54 Å². The van der Waals surface area contributed by atoms with Gasteiger partial charge in [0.1, 0.15) is 5.75 Å². The Kier molecular flexibility index (Phi) is 5.23. The summed E-state index contributed by atoms with van der Waals surface area (Å²) in [5.74, 6) is 3.41. The van der Waals surface area contributed by atoms with Crippen molar-refractivity contribution in [2.24, 2.45) is 5.73 Å². The second-order valence-electron chi connectivity index (χ2n) is 3.09. The number of hydrogen-bond acceptors (Lipinski definition) is 2. The maximum atomic E-state index is 5.64. The lowest BCUT2D eigenvalue weighted by molar-refractivity contribution is 0.308. The molecule has 1 rings (SSSR count). The van der Waals surface area contributed by atoms with Crippen molar-refractivity contribution in [1.82, 2.24) is 0 Å². The van der Waals surface area contributed by atoms with E-state index in [0.29, 0.717) is 13.2 Å². The highest BCUT2D eigenvalue weighted by Gasteiger charge is 2.05. The Morgan fingerprint density at radius 1 is 1.47 bits per heavy atom. The van der Waals surface area contributed by atoms with Crippen molar-refractivity contribution in [2.75, 3.05) is 6.61 Å². The molecule has 15 heavy (non-hydrogen) atoms. The van der Waals surface area contributed by atoms with E-state index >= 15 is 0 Å². The minimum Gasteiger partial charge on any atom is -0.492 e. The monoisotopic (exact) mass is 267 g/mol. The normalized spacial score (nSPS) is 9.67. The van der Waals surface area contributed by atoms with Crippen LogP contribution >= 0.6 is 15.9 Å². The van der Waals surface area contributed by atoms with Gasteiger partial charge in [-0.2, -0.15) is 0 Å². The molecular formula is C12H14BrNO. The predicted molar refractivity (Wildman–Crippen MR) is 65.6 cm³/mol. The first kappa shape index (κ1) is 12.1. The van der Waals surface area contributed by atoms with Gasteiger partial charge in [-0.05, 0) is 28.4 Å². The van der Waals surface area contributed by atoms with E-state index in [-0.39, 0.29) is 0 Å². The second kappa shape index (κ2) is 6.49. The van der Waals surface area contributed by atoms with Crippen LogP contribution in [0.15, 0.2) is 22.7 Å². The topological polar surface area (TPSA) is 35.2 Å². The zero-order chi connectivity index (χ0) is 11.1. The average molecular weight is 268 g/mol. The van der Waals surface area contributed by atoms with E-state index in [4.69, 9.17) is 16.9 Å². The fraction of sp³-hybridized carbons (Fsp3) is 0.333. The van der Waals surface area contributed by atoms with Crippen molar-refractivity contribution < 1.29 is 4.74 Å². The van der Waals surface area contributed by atoms with Crippen LogP contribution in [0.5, 0.6) is 5.75 Å². The molecule has 0 saturated heterocycles. The molecule has 0 radical (unpaired) electrons. The highest BCUT2D eigenvalue weighted by Crippen LogP contribution is 2.28. The Balaban J connectivity index is 2.63. The third kappa shape index (κ3) is 3.58. The summed E-state index contributed by atoms with van der Waals surface area (Å²) in [6, 6.07) is 5.84. The largest absolute Gasteiger partial charge is 0.492 e. The molecule has 80 valence electrons. The first-order valence-electron chi connectivity index (χ1n) is 4.83. The maximum absolute atomic E-state index is 5.64. The van der Waals surface area contributed by atoms with Crippen LogP contribution in [-0.4, -0.2) is 6.61 Å². The Bertz CT molecular complexity index is 357. The average Bonchev–Trinajstić information content (AvgIpc) is 2.26. The molecule has 0 atom stereocenters. The van der Waals surface area contributed by atoms with Crippen molar-refractivity contribution in [2.45, 2.75) is 19.4 Å². The summed E-state index contributed by atoms with van der Waals surface area (Å²) in [4.78, 5) is 0. The third-order valence-corrected chi connectivity index (χ3v) is 2.60. The third-order valence-electron chi connectivity index (χ3n) is 1.98. The molecule has 0 heterocycles. The molecular weight excluding hydrogens is 254 g/mol. The number of hydrogen-bond donors (Lipinski definition) is 1. The fourth-order valence-corrected chi connectivity index (χ4v) is 1.75. The van der Waals surface area contributed by atoms with Gasteiger partial charge in [0.2, 0.25) is 0 Å². The van der Waals surface area contributed by atoms with Gasteiger partial charge in [0.05, 0.1) is 11.1 Å². The molecule has 0 aliphatic carbocycles. The number of unbranched alkanes of at least 4 members (excludes halogenated alkanes) is 1. The number of benzene rings is 1. The van der Waals surface area contributed by atoms with Crippen molar-refractivity contribution in [3.8, 4) is 18.1 Å². The summed E-state index contributed by atoms with van der Waals surface area (Å²) in [5, 5.41) is 0. The number of rotatable bonds is 5. The summed E-state index contributed by atoms with van der Waals surface area (Å²) in [7, 11) is 0. The molecule has 1 aromatic carbocycles. The molecule has 0 spiro atoms. The van der Waals surface area contributed by atoms with Crippen LogP contribution in [0, 0.1) is 12.3 Å². The molecule has 2 N–H and O–H groups in total. The van der Waals surface area contributed by atoms with Crippen molar-refractivity contribution in [1.29, 1.82) is 0 Å². The molecule has 0 saturated carbocycles. The zero-order valence-electron chi connectivity index (χ0n) is 8.50. The number of terminal acetylenes is 1. The van der Waals surface area contributed by atoms with Crippen molar-refractivity contribution in [3.05, 3.63) is 28.2 Å². The summed E-state index contributed by atoms with van der Waals surface area (Å²) < 4.78 is 6.57. The highest BCUT2D eigenvalue weighted by atomic mass is 79.9. The molecule has 1 aromatic rings. The number of halogens is 1. The molecule has 0 bridgehead atoms. The van der Waals surface area contributed by atoms with Crippen LogP contribution in [0.2, 0.25) is 0 Å². The van der Waals surface area contributed by atoms with E-state index in [1.807, 2.05) is 18.2 Å². The van der Waals surface area contributed by atoms with Gasteiger partial charge < -0.3 is 10.5 Å². The maximum Gasteiger partial charge on any atom is 0.137 e. The Morgan fingerprint density at radius 2 is 2.27 bits per heavy atom. The summed E-state index contributed by atoms with van der Waals surface area (Å²) >= 11 is 3.44. The van der Waals surface area contributed by atoms with Gasteiger partial charge in [0.25, 0.3) is 0 Å². The Hall–Kier alpha value is -0.980. The van der Waals surface area contributed by atoms with E-state index in [2.05, 4.69) is 21.9 Å². The molecule has 0 aliphatic rings. The van der Waals surface area contributed by atoms with E-state index in [1.165, 1.54) is 0 Å². The molecule has 0 fully saturated rings. The van der Waals surface area contributed by atoms with Crippen LogP contribution in [0.4, 0.5) is 0 Å². The predicted octanol–water partition coefficient (Wildman–Crippen LogP) is 2.70. The lowest BCUT2D eigenvalue weighted by Gasteiger charge is -2.11. The molecule has 2 nitrogen and oxygen atoms in total. The lowest BCUT2D eigenvalue weighted by atomic mass is 10.2. The minimum absolute atomic E-state index is 0.476. The van der Waals surface area contributed by atoms with E-state index in [9.17, 15) is 0 Å². The smallest absolute Gasteiger partial charge is 0.137 e. The van der Waals surface area contributed by atoms with E-state index in [0.717, 1.165) is 28.6 Å². The van der Waals surface area contributed by atoms with Crippen LogP contribution in [0.1, 0.15) is 18.4 Å². The number of ether oxygens (including phenoxy) is 1. The first-order chi connectivity index (χ1) is 7.29. The molecule has 0 amide bonds. The van der Waals surface area contributed by atoms with Gasteiger partial charge in [-0.15, -0.1) is 12.3 Å². The van der Waals surface area contributed by atoms with Crippen LogP contribution < -0.4 is 10.5 Å². The van der Waals surface area contributed by atoms with Gasteiger partial charge in [-0.1, -0.05) is 12.1 Å². The van der Waals surface area contributed by atoms with Crippen LogP contribution in [0.3, 0.4) is 0 Å². The lowest BCUT2D eigenvalue weighted by Crippen LogP contribution is -2.04. The Morgan fingerprint density at radius 3 is 2.93 bits per heavy atom. The number of para-hydroxylation sites is 1. The SMILES string of the molecule is C#CCCCOc1c(Br)cccc1CN. The Labute approximate surface area is 98.9 Å². The van der Waals surface area contributed by atoms with Crippen molar-refractivity contribution in [3.63, 3.8) is 0 Å². The van der Waals surface area contributed by atoms with Gasteiger partial charge in [0.15, 0.2) is 0 Å². The van der Waals surface area contributed by atoms with E-state index < -0.39 is 0 Å². The second-order valence-corrected chi connectivity index (χ2v) is 3.94. The minimum atomic E-state index is 0.476. The highest BCUT2D eigenvalue weighted by molar-refractivity contribution is 9.10. The number of nitrogens with two attached hydrogens (primary N) is 1. The molecule has 3 heteroatoms. The molecule has 0 aliphatic heterocycles. The fourth-order valence-electron chi connectivity index (χ4n) is 1.22. The van der Waals surface area contributed by atoms with Gasteiger partial charge in [-0.3, -0.25) is 0 Å². The standard InChI is InChI=1S/C12H14BrNO/c1-2-3-4-8-15-12-10(9-14)6-5-7-11(12)13/h1,5-7H,3-4,8-9,14H2. The van der Waals surface area contributed by atoms with E-state index in [1.54, 1.807) is 0 Å². The van der Waals surface area contributed by atoms with Gasteiger partial charge >= 0.3 is 0 Å².